The van der Waals surface area contributed by atoms with E-state index in [-0.39, 0.29) is 11.7 Å². The Balaban J connectivity index is 2.36. The number of ketones is 1. The van der Waals surface area contributed by atoms with Gasteiger partial charge in [0.2, 0.25) is 5.91 Å². The maximum Gasteiger partial charge on any atom is 0.228 e. The molecule has 4 heteroatoms. The lowest BCUT2D eigenvalue weighted by atomic mass is 10.1. The fourth-order valence-corrected chi connectivity index (χ4v) is 2.29. The lowest BCUT2D eigenvalue weighted by molar-refractivity contribution is -0.115. The number of para-hydroxylation sites is 1. The van der Waals surface area contributed by atoms with Crippen molar-refractivity contribution in [3.63, 3.8) is 0 Å². The molecular weight excluding hydrogens is 318 g/mol. The first-order valence-corrected chi connectivity index (χ1v) is 7.30. The van der Waals surface area contributed by atoms with Crippen molar-refractivity contribution in [2.24, 2.45) is 0 Å². The molecule has 0 unspecified atom stereocenters. The van der Waals surface area contributed by atoms with Crippen LogP contribution in [0.2, 0.25) is 0 Å². The number of carbonyl (C=O) groups excluding carboxylic acids is 2. The van der Waals surface area contributed by atoms with Crippen molar-refractivity contribution in [1.82, 2.24) is 0 Å². The van der Waals surface area contributed by atoms with Crippen molar-refractivity contribution >= 4 is 39.0 Å². The maximum absolute atomic E-state index is 11.9. The van der Waals surface area contributed by atoms with E-state index in [1.165, 1.54) is 6.92 Å². The Morgan fingerprint density at radius 2 is 1.50 bits per heavy atom. The van der Waals surface area contributed by atoms with Crippen LogP contribution in [0.15, 0.2) is 54.6 Å². The van der Waals surface area contributed by atoms with Gasteiger partial charge in [-0.15, -0.1) is 0 Å². The van der Waals surface area contributed by atoms with Gasteiger partial charge in [0.05, 0.1) is 5.33 Å². The minimum absolute atomic E-state index is 0.0191. The molecule has 1 amide bonds. The summed E-state index contributed by atoms with van der Waals surface area (Å²) in [6.45, 7) is 1.52. The van der Waals surface area contributed by atoms with E-state index in [0.717, 1.165) is 11.4 Å². The normalized spacial score (nSPS) is 10.1. The largest absolute Gasteiger partial charge is 0.293 e. The molecule has 102 valence electrons. The predicted octanol–water partition coefficient (Wildman–Crippen LogP) is 3.95. The first kappa shape index (κ1) is 14.5. The van der Waals surface area contributed by atoms with E-state index in [1.54, 1.807) is 29.2 Å². The number of amides is 1. The van der Waals surface area contributed by atoms with Crippen molar-refractivity contribution < 1.29 is 9.59 Å². The molecule has 3 nitrogen and oxygen atoms in total. The van der Waals surface area contributed by atoms with E-state index >= 15 is 0 Å². The van der Waals surface area contributed by atoms with E-state index in [0.29, 0.717) is 10.9 Å². The molecule has 0 aliphatic heterocycles. The monoisotopic (exact) mass is 331 g/mol. The minimum Gasteiger partial charge on any atom is -0.293 e. The van der Waals surface area contributed by atoms with E-state index in [2.05, 4.69) is 15.9 Å². The number of halogens is 1. The molecule has 0 radical (unpaired) electrons. The average molecular weight is 332 g/mol. The fourth-order valence-electron chi connectivity index (χ4n) is 1.96. The Morgan fingerprint density at radius 1 is 0.950 bits per heavy atom. The number of alkyl halides is 1. The zero-order chi connectivity index (χ0) is 14.5. The highest BCUT2D eigenvalue weighted by Crippen LogP contribution is 2.25. The van der Waals surface area contributed by atoms with Crippen LogP contribution in [0.1, 0.15) is 17.3 Å². The molecule has 0 atom stereocenters. The molecule has 0 aliphatic carbocycles. The third-order valence-corrected chi connectivity index (χ3v) is 3.41. The van der Waals surface area contributed by atoms with Crippen molar-refractivity contribution in [3.8, 4) is 0 Å². The van der Waals surface area contributed by atoms with Crippen LogP contribution in [0, 0.1) is 0 Å². The molecule has 0 aromatic heterocycles. The van der Waals surface area contributed by atoms with E-state index in [1.807, 2.05) is 30.3 Å². The lowest BCUT2D eigenvalue weighted by Crippen LogP contribution is -2.22. The summed E-state index contributed by atoms with van der Waals surface area (Å²) >= 11 is 3.14. The van der Waals surface area contributed by atoms with Crippen molar-refractivity contribution in [3.05, 3.63) is 60.2 Å². The zero-order valence-electron chi connectivity index (χ0n) is 11.0. The fraction of sp³-hybridized carbons (Fsp3) is 0.125. The van der Waals surface area contributed by atoms with Gasteiger partial charge < -0.3 is 0 Å². The predicted molar refractivity (Wildman–Crippen MR) is 83.8 cm³/mol. The number of carbonyl (C=O) groups is 2. The van der Waals surface area contributed by atoms with Gasteiger partial charge in [0.1, 0.15) is 0 Å². The van der Waals surface area contributed by atoms with Crippen LogP contribution in [0.3, 0.4) is 0 Å². The summed E-state index contributed by atoms with van der Waals surface area (Å²) in [6.07, 6.45) is 0. The Labute approximate surface area is 126 Å². The van der Waals surface area contributed by atoms with Crippen LogP contribution in [-0.2, 0) is 4.79 Å². The van der Waals surface area contributed by atoms with Gasteiger partial charge in [0, 0.05) is 23.9 Å². The van der Waals surface area contributed by atoms with Crippen molar-refractivity contribution in [2.75, 3.05) is 10.2 Å². The molecule has 0 bridgehead atoms. The molecular formula is C16H14BrNO2. The van der Waals surface area contributed by atoms with E-state index in [9.17, 15) is 9.59 Å². The van der Waals surface area contributed by atoms with Crippen LogP contribution in [0.25, 0.3) is 0 Å². The first-order valence-electron chi connectivity index (χ1n) is 6.18. The van der Waals surface area contributed by atoms with Gasteiger partial charge in [0.25, 0.3) is 0 Å². The molecule has 2 aromatic rings. The van der Waals surface area contributed by atoms with Crippen LogP contribution < -0.4 is 4.90 Å². The van der Waals surface area contributed by atoms with Crippen LogP contribution in [0.5, 0.6) is 0 Å². The Hall–Kier alpha value is -1.94. The van der Waals surface area contributed by atoms with Crippen LogP contribution >= 0.6 is 15.9 Å². The maximum atomic E-state index is 11.9. The highest BCUT2D eigenvalue weighted by molar-refractivity contribution is 9.09. The number of Topliss-reactive ketones (excluding diaryl/α,β-unsaturated/α-hetero) is 1. The first-order chi connectivity index (χ1) is 9.63. The van der Waals surface area contributed by atoms with Gasteiger partial charge in [-0.2, -0.15) is 0 Å². The summed E-state index contributed by atoms with van der Waals surface area (Å²) in [7, 11) is 0. The number of nitrogens with zero attached hydrogens (tertiary/aromatic N) is 1. The molecule has 0 fully saturated rings. The number of hydrogen-bond acceptors (Lipinski definition) is 2. The molecule has 0 saturated heterocycles. The van der Waals surface area contributed by atoms with Gasteiger partial charge >= 0.3 is 0 Å². The van der Waals surface area contributed by atoms with Crippen molar-refractivity contribution in [1.29, 1.82) is 0 Å². The molecule has 0 saturated carbocycles. The highest BCUT2D eigenvalue weighted by atomic mass is 79.9. The second-order valence-electron chi connectivity index (χ2n) is 4.29. The van der Waals surface area contributed by atoms with Gasteiger partial charge in [-0.25, -0.2) is 0 Å². The molecule has 0 spiro atoms. The number of anilines is 2. The summed E-state index contributed by atoms with van der Waals surface area (Å²) in [6, 6.07) is 16.4. The Kier molecular flexibility index (Phi) is 4.69. The quantitative estimate of drug-likeness (QED) is 0.628. The number of benzene rings is 2. The standard InChI is InChI=1S/C16H14BrNO2/c1-12(19)18(14-5-3-2-4-6-14)15-9-7-13(8-10-15)16(20)11-17/h2-10H,11H2,1H3. The summed E-state index contributed by atoms with van der Waals surface area (Å²) in [5.74, 6) is -0.0543. The lowest BCUT2D eigenvalue weighted by Gasteiger charge is -2.21. The smallest absolute Gasteiger partial charge is 0.228 e. The van der Waals surface area contributed by atoms with Gasteiger partial charge in [0.15, 0.2) is 5.78 Å². The number of rotatable bonds is 4. The van der Waals surface area contributed by atoms with Gasteiger partial charge in [-0.3, -0.25) is 14.5 Å². The minimum atomic E-state index is -0.0734. The third-order valence-electron chi connectivity index (χ3n) is 2.90. The molecule has 0 aliphatic rings. The van der Waals surface area contributed by atoms with Crippen LogP contribution in [-0.4, -0.2) is 17.0 Å². The summed E-state index contributed by atoms with van der Waals surface area (Å²) in [5.41, 5.74) is 2.18. The molecule has 20 heavy (non-hydrogen) atoms. The third kappa shape index (κ3) is 3.14. The molecule has 0 N–H and O–H groups in total. The Morgan fingerprint density at radius 3 is 2.00 bits per heavy atom. The Bertz CT molecular complexity index is 608. The number of hydrogen-bond donors (Lipinski definition) is 0. The SMILES string of the molecule is CC(=O)N(c1ccccc1)c1ccc(C(=O)CBr)cc1. The highest BCUT2D eigenvalue weighted by Gasteiger charge is 2.14. The van der Waals surface area contributed by atoms with Gasteiger partial charge in [-0.1, -0.05) is 34.1 Å². The second kappa shape index (κ2) is 6.48. The summed E-state index contributed by atoms with van der Waals surface area (Å²) < 4.78 is 0. The topological polar surface area (TPSA) is 37.4 Å². The summed E-state index contributed by atoms with van der Waals surface area (Å²) in [4.78, 5) is 25.1. The van der Waals surface area contributed by atoms with Crippen LogP contribution in [0.4, 0.5) is 11.4 Å². The summed E-state index contributed by atoms with van der Waals surface area (Å²) in [5, 5.41) is 0.293. The molecule has 2 aromatic carbocycles. The average Bonchev–Trinajstić information content (AvgIpc) is 2.48. The van der Waals surface area contributed by atoms with Crippen molar-refractivity contribution in [2.45, 2.75) is 6.92 Å². The van der Waals surface area contributed by atoms with Gasteiger partial charge in [-0.05, 0) is 36.4 Å². The molecule has 0 heterocycles. The van der Waals surface area contributed by atoms with E-state index < -0.39 is 0 Å². The second-order valence-corrected chi connectivity index (χ2v) is 4.85. The van der Waals surface area contributed by atoms with E-state index in [4.69, 9.17) is 0 Å². The zero-order valence-corrected chi connectivity index (χ0v) is 12.6. The molecule has 2 rings (SSSR count).